The standard InChI is InChI=1S/C35H22N6/c1-3-11-23(12-4-1)31-36-32(24-13-5-2-6-14-24)38-33(37-31)25-19-21-26(22-20-25)34-39-40-35-29-17-8-7-15-27(29)28-16-9-10-18-30(28)41(34)35/h1-22H. The fourth-order valence-electron chi connectivity index (χ4n) is 5.39. The Morgan fingerprint density at radius 1 is 0.366 bits per heavy atom. The summed E-state index contributed by atoms with van der Waals surface area (Å²) in [6.07, 6.45) is 0. The van der Waals surface area contributed by atoms with Crippen LogP contribution in [0, 0.1) is 0 Å². The van der Waals surface area contributed by atoms with E-state index < -0.39 is 0 Å². The van der Waals surface area contributed by atoms with E-state index in [0.717, 1.165) is 44.6 Å². The van der Waals surface area contributed by atoms with Crippen molar-refractivity contribution in [2.45, 2.75) is 0 Å². The van der Waals surface area contributed by atoms with E-state index in [1.54, 1.807) is 0 Å². The summed E-state index contributed by atoms with van der Waals surface area (Å²) >= 11 is 0. The maximum Gasteiger partial charge on any atom is 0.169 e. The zero-order valence-corrected chi connectivity index (χ0v) is 21.9. The molecule has 5 aromatic carbocycles. The number of hydrogen-bond donors (Lipinski definition) is 0. The molecule has 0 unspecified atom stereocenters. The molecule has 192 valence electrons. The molecule has 8 rings (SSSR count). The molecule has 0 saturated heterocycles. The fourth-order valence-corrected chi connectivity index (χ4v) is 5.39. The van der Waals surface area contributed by atoms with Crippen molar-refractivity contribution in [3.63, 3.8) is 0 Å². The third-order valence-electron chi connectivity index (χ3n) is 7.37. The van der Waals surface area contributed by atoms with Crippen molar-refractivity contribution in [3.8, 4) is 45.6 Å². The molecule has 41 heavy (non-hydrogen) atoms. The summed E-state index contributed by atoms with van der Waals surface area (Å²) < 4.78 is 2.15. The second kappa shape index (κ2) is 9.47. The van der Waals surface area contributed by atoms with Gasteiger partial charge in [0, 0.05) is 33.0 Å². The second-order valence-electron chi connectivity index (χ2n) is 9.86. The van der Waals surface area contributed by atoms with Gasteiger partial charge in [0.1, 0.15) is 0 Å². The predicted molar refractivity (Wildman–Crippen MR) is 163 cm³/mol. The van der Waals surface area contributed by atoms with Crippen LogP contribution in [0.2, 0.25) is 0 Å². The maximum atomic E-state index is 4.86. The molecule has 0 atom stereocenters. The SMILES string of the molecule is c1ccc(-c2nc(-c3ccccc3)nc(-c3ccc(-c4nnc5c6ccccc6c6ccccc6n45)cc3)n2)cc1. The first-order chi connectivity index (χ1) is 20.3. The van der Waals surface area contributed by atoms with E-state index >= 15 is 0 Å². The van der Waals surface area contributed by atoms with Gasteiger partial charge < -0.3 is 0 Å². The predicted octanol–water partition coefficient (Wildman–Crippen LogP) is 7.89. The van der Waals surface area contributed by atoms with Crippen molar-refractivity contribution in [2.75, 3.05) is 0 Å². The van der Waals surface area contributed by atoms with Crippen molar-refractivity contribution in [3.05, 3.63) is 133 Å². The summed E-state index contributed by atoms with van der Waals surface area (Å²) in [7, 11) is 0. The van der Waals surface area contributed by atoms with Gasteiger partial charge in [-0.05, 0) is 11.5 Å². The van der Waals surface area contributed by atoms with Crippen LogP contribution in [0.5, 0.6) is 0 Å². The molecule has 0 aliphatic carbocycles. The average molecular weight is 527 g/mol. The number of hydrogen-bond acceptors (Lipinski definition) is 5. The molecule has 0 amide bonds. The van der Waals surface area contributed by atoms with E-state index in [9.17, 15) is 0 Å². The van der Waals surface area contributed by atoms with Crippen molar-refractivity contribution >= 4 is 27.3 Å². The first kappa shape index (κ1) is 23.2. The fraction of sp³-hybridized carbons (Fsp3) is 0. The molecular weight excluding hydrogens is 504 g/mol. The molecular formula is C35H22N6. The van der Waals surface area contributed by atoms with E-state index in [2.05, 4.69) is 69.2 Å². The van der Waals surface area contributed by atoms with Gasteiger partial charge in [-0.15, -0.1) is 10.2 Å². The van der Waals surface area contributed by atoms with Crippen LogP contribution in [-0.2, 0) is 0 Å². The Kier molecular flexibility index (Phi) is 5.35. The van der Waals surface area contributed by atoms with Gasteiger partial charge in [-0.2, -0.15) is 0 Å². The van der Waals surface area contributed by atoms with Crippen LogP contribution in [0.15, 0.2) is 133 Å². The molecule has 0 aliphatic heterocycles. The van der Waals surface area contributed by atoms with E-state index in [0.29, 0.717) is 17.5 Å². The maximum absolute atomic E-state index is 4.86. The van der Waals surface area contributed by atoms with E-state index in [-0.39, 0.29) is 0 Å². The molecule has 0 bridgehead atoms. The van der Waals surface area contributed by atoms with E-state index in [1.165, 1.54) is 10.8 Å². The lowest BCUT2D eigenvalue weighted by molar-refractivity contribution is 1.07. The van der Waals surface area contributed by atoms with Gasteiger partial charge in [-0.1, -0.05) is 127 Å². The highest BCUT2D eigenvalue weighted by Crippen LogP contribution is 2.32. The number of pyridine rings is 1. The third-order valence-corrected chi connectivity index (χ3v) is 7.37. The normalized spacial score (nSPS) is 11.4. The first-order valence-electron chi connectivity index (χ1n) is 13.5. The smallest absolute Gasteiger partial charge is 0.169 e. The minimum atomic E-state index is 0.617. The zero-order chi connectivity index (χ0) is 27.2. The van der Waals surface area contributed by atoms with Crippen molar-refractivity contribution in [2.24, 2.45) is 0 Å². The van der Waals surface area contributed by atoms with Crippen molar-refractivity contribution in [1.29, 1.82) is 0 Å². The Morgan fingerprint density at radius 2 is 0.829 bits per heavy atom. The summed E-state index contributed by atoms with van der Waals surface area (Å²) in [6.45, 7) is 0. The summed E-state index contributed by atoms with van der Waals surface area (Å²) in [6, 6.07) is 45.0. The molecule has 0 aliphatic rings. The summed E-state index contributed by atoms with van der Waals surface area (Å²) in [5, 5.41) is 12.7. The number of rotatable bonds is 4. The Labute approximate surface area is 235 Å². The third kappa shape index (κ3) is 3.93. The Hall–Kier alpha value is -5.75. The van der Waals surface area contributed by atoms with Gasteiger partial charge in [-0.3, -0.25) is 4.40 Å². The van der Waals surface area contributed by atoms with Gasteiger partial charge in [0.2, 0.25) is 0 Å². The molecule has 3 aromatic heterocycles. The quantitative estimate of drug-likeness (QED) is 0.218. The van der Waals surface area contributed by atoms with Crippen LogP contribution in [0.25, 0.3) is 72.9 Å². The molecule has 6 heteroatoms. The van der Waals surface area contributed by atoms with E-state index in [1.807, 2.05) is 78.9 Å². The Bertz CT molecular complexity index is 2130. The highest BCUT2D eigenvalue weighted by Gasteiger charge is 2.16. The van der Waals surface area contributed by atoms with Crippen molar-refractivity contribution in [1.82, 2.24) is 29.5 Å². The lowest BCUT2D eigenvalue weighted by Gasteiger charge is -2.10. The van der Waals surface area contributed by atoms with Crippen LogP contribution in [0.4, 0.5) is 0 Å². The summed E-state index contributed by atoms with van der Waals surface area (Å²) in [4.78, 5) is 14.5. The van der Waals surface area contributed by atoms with Crippen LogP contribution in [0.1, 0.15) is 0 Å². The van der Waals surface area contributed by atoms with Crippen LogP contribution < -0.4 is 0 Å². The van der Waals surface area contributed by atoms with Gasteiger partial charge >= 0.3 is 0 Å². The molecule has 6 nitrogen and oxygen atoms in total. The summed E-state index contributed by atoms with van der Waals surface area (Å²) in [5.41, 5.74) is 5.66. The molecule has 0 radical (unpaired) electrons. The zero-order valence-electron chi connectivity index (χ0n) is 21.9. The molecule has 3 heterocycles. The number of benzene rings is 5. The van der Waals surface area contributed by atoms with Crippen LogP contribution in [-0.4, -0.2) is 29.5 Å². The molecule has 0 N–H and O–H groups in total. The highest BCUT2D eigenvalue weighted by molar-refractivity contribution is 6.12. The largest absolute Gasteiger partial charge is 0.274 e. The van der Waals surface area contributed by atoms with Crippen LogP contribution >= 0.6 is 0 Å². The Balaban J connectivity index is 1.27. The lowest BCUT2D eigenvalue weighted by atomic mass is 10.1. The highest BCUT2D eigenvalue weighted by atomic mass is 15.2. The monoisotopic (exact) mass is 526 g/mol. The van der Waals surface area contributed by atoms with Gasteiger partial charge in [0.25, 0.3) is 0 Å². The van der Waals surface area contributed by atoms with Gasteiger partial charge in [-0.25, -0.2) is 15.0 Å². The lowest BCUT2D eigenvalue weighted by Crippen LogP contribution is -2.00. The topological polar surface area (TPSA) is 68.9 Å². The van der Waals surface area contributed by atoms with Gasteiger partial charge in [0.05, 0.1) is 5.52 Å². The van der Waals surface area contributed by atoms with E-state index in [4.69, 9.17) is 15.0 Å². The molecule has 0 saturated carbocycles. The Morgan fingerprint density at radius 3 is 1.44 bits per heavy atom. The molecule has 8 aromatic rings. The number of aromatic nitrogens is 6. The minimum absolute atomic E-state index is 0.617. The molecule has 0 fully saturated rings. The number of fused-ring (bicyclic) bond motifs is 6. The first-order valence-corrected chi connectivity index (χ1v) is 13.5. The number of para-hydroxylation sites is 1. The van der Waals surface area contributed by atoms with Crippen molar-refractivity contribution < 1.29 is 0 Å². The minimum Gasteiger partial charge on any atom is -0.274 e. The summed E-state index contributed by atoms with van der Waals surface area (Å²) in [5.74, 6) is 2.69. The second-order valence-corrected chi connectivity index (χ2v) is 9.86. The van der Waals surface area contributed by atoms with Crippen LogP contribution in [0.3, 0.4) is 0 Å². The average Bonchev–Trinajstić information content (AvgIpc) is 3.51. The van der Waals surface area contributed by atoms with Gasteiger partial charge in [0.15, 0.2) is 28.9 Å². The number of nitrogens with zero attached hydrogens (tertiary/aromatic N) is 6. The molecule has 0 spiro atoms.